The Morgan fingerprint density at radius 1 is 1.32 bits per heavy atom. The van der Waals surface area contributed by atoms with E-state index in [2.05, 4.69) is 20.9 Å². The van der Waals surface area contributed by atoms with Crippen LogP contribution < -0.4 is 4.74 Å². The number of nitro groups is 1. The molecule has 0 atom stereocenters. The summed E-state index contributed by atoms with van der Waals surface area (Å²) >= 11 is 14.9. The van der Waals surface area contributed by atoms with Gasteiger partial charge in [0.2, 0.25) is 5.75 Å². The number of ether oxygens (including phenoxy) is 1. The molecule has 0 spiro atoms. The van der Waals surface area contributed by atoms with Crippen molar-refractivity contribution in [1.82, 2.24) is 4.98 Å². The Hall–Kier alpha value is -1.37. The molecule has 19 heavy (non-hydrogen) atoms. The van der Waals surface area contributed by atoms with Crippen LogP contribution in [0.25, 0.3) is 0 Å². The number of pyridine rings is 1. The normalized spacial score (nSPS) is 10.3. The fraction of sp³-hybridized carbons (Fsp3) is 0. The molecule has 0 fully saturated rings. The van der Waals surface area contributed by atoms with Gasteiger partial charge in [-0.25, -0.2) is 4.98 Å². The largest absolute Gasteiger partial charge is 0.447 e. The third-order valence-electron chi connectivity index (χ3n) is 2.09. The lowest BCUT2D eigenvalue weighted by Gasteiger charge is -2.08. The number of benzene rings is 1. The van der Waals surface area contributed by atoms with Crippen LogP contribution in [0.2, 0.25) is 10.2 Å². The minimum atomic E-state index is -0.595. The zero-order valence-electron chi connectivity index (χ0n) is 9.14. The van der Waals surface area contributed by atoms with E-state index in [1.54, 1.807) is 12.1 Å². The van der Waals surface area contributed by atoms with Crippen molar-refractivity contribution < 1.29 is 9.66 Å². The van der Waals surface area contributed by atoms with Gasteiger partial charge in [0.1, 0.15) is 5.75 Å². The van der Waals surface area contributed by atoms with Crippen molar-refractivity contribution in [1.29, 1.82) is 0 Å². The van der Waals surface area contributed by atoms with Crippen LogP contribution in [0.4, 0.5) is 5.69 Å². The molecule has 0 aliphatic rings. The summed E-state index contributed by atoms with van der Waals surface area (Å²) in [7, 11) is 0. The smallest absolute Gasteiger partial charge is 0.316 e. The number of rotatable bonds is 3. The quantitative estimate of drug-likeness (QED) is 0.444. The van der Waals surface area contributed by atoms with Gasteiger partial charge in [0.05, 0.1) is 4.92 Å². The third kappa shape index (κ3) is 3.34. The number of hydrogen-bond donors (Lipinski definition) is 0. The van der Waals surface area contributed by atoms with E-state index in [4.69, 9.17) is 27.9 Å². The second kappa shape index (κ2) is 5.73. The minimum absolute atomic E-state index is 0.0923. The zero-order valence-corrected chi connectivity index (χ0v) is 12.2. The lowest BCUT2D eigenvalue weighted by atomic mass is 10.3. The molecule has 0 aliphatic carbocycles. The SMILES string of the molecule is O=[N+]([O-])c1ccnc(Cl)c1Oc1cc(Cl)cc(Br)c1. The predicted octanol–water partition coefficient (Wildman–Crippen LogP) is 4.85. The van der Waals surface area contributed by atoms with Gasteiger partial charge in [-0.3, -0.25) is 10.1 Å². The molecule has 5 nitrogen and oxygen atoms in total. The standard InChI is InChI=1S/C11H5BrCl2N2O3/c12-6-3-7(13)5-8(4-6)19-10-9(16(17)18)1-2-15-11(10)14/h1-5H. The first-order chi connectivity index (χ1) is 8.97. The summed E-state index contributed by atoms with van der Waals surface area (Å²) in [5.41, 5.74) is -0.268. The maximum absolute atomic E-state index is 10.9. The second-order valence-corrected chi connectivity index (χ2v) is 5.12. The fourth-order valence-electron chi connectivity index (χ4n) is 1.36. The highest BCUT2D eigenvalue weighted by Gasteiger charge is 2.20. The second-order valence-electron chi connectivity index (χ2n) is 3.41. The molecule has 8 heteroatoms. The van der Waals surface area contributed by atoms with Crippen LogP contribution in [0.1, 0.15) is 0 Å². The van der Waals surface area contributed by atoms with E-state index < -0.39 is 4.92 Å². The lowest BCUT2D eigenvalue weighted by molar-refractivity contribution is -0.385. The summed E-state index contributed by atoms with van der Waals surface area (Å²) in [6.07, 6.45) is 1.24. The van der Waals surface area contributed by atoms with Gasteiger partial charge < -0.3 is 4.74 Å². The molecule has 2 aromatic rings. The number of aromatic nitrogens is 1. The Morgan fingerprint density at radius 3 is 2.68 bits per heavy atom. The highest BCUT2D eigenvalue weighted by Crippen LogP contribution is 2.37. The molecule has 0 amide bonds. The Kier molecular flexibility index (Phi) is 4.24. The Labute approximate surface area is 126 Å². The maximum atomic E-state index is 10.9. The summed E-state index contributed by atoms with van der Waals surface area (Å²) in [6, 6.07) is 5.99. The summed E-state index contributed by atoms with van der Waals surface area (Å²) in [5.74, 6) is 0.195. The summed E-state index contributed by atoms with van der Waals surface area (Å²) < 4.78 is 6.09. The van der Waals surface area contributed by atoms with Crippen molar-refractivity contribution in [2.45, 2.75) is 0 Å². The molecule has 1 aromatic carbocycles. The van der Waals surface area contributed by atoms with E-state index in [1.807, 2.05) is 0 Å². The Morgan fingerprint density at radius 2 is 2.05 bits per heavy atom. The monoisotopic (exact) mass is 362 g/mol. The van der Waals surface area contributed by atoms with Gasteiger partial charge in [-0.15, -0.1) is 0 Å². The summed E-state index contributed by atoms with van der Waals surface area (Å²) in [4.78, 5) is 14.1. The van der Waals surface area contributed by atoms with Gasteiger partial charge in [-0.05, 0) is 18.2 Å². The van der Waals surface area contributed by atoms with E-state index in [9.17, 15) is 10.1 Å². The fourth-order valence-corrected chi connectivity index (χ4v) is 2.38. The van der Waals surface area contributed by atoms with E-state index in [0.29, 0.717) is 15.2 Å². The van der Waals surface area contributed by atoms with Gasteiger partial charge in [0.25, 0.3) is 0 Å². The zero-order chi connectivity index (χ0) is 14.0. The van der Waals surface area contributed by atoms with Crippen LogP contribution in [0.15, 0.2) is 34.9 Å². The van der Waals surface area contributed by atoms with Crippen molar-refractivity contribution >= 4 is 44.8 Å². The molecule has 0 saturated carbocycles. The lowest BCUT2D eigenvalue weighted by Crippen LogP contribution is -1.95. The van der Waals surface area contributed by atoms with Crippen molar-refractivity contribution in [3.63, 3.8) is 0 Å². The number of halogens is 3. The molecule has 0 saturated heterocycles. The molecule has 0 radical (unpaired) electrons. The first-order valence-corrected chi connectivity index (χ1v) is 6.45. The molecule has 0 unspecified atom stereocenters. The molecule has 98 valence electrons. The van der Waals surface area contributed by atoms with E-state index in [-0.39, 0.29) is 16.6 Å². The maximum Gasteiger partial charge on any atom is 0.316 e. The van der Waals surface area contributed by atoms with E-state index >= 15 is 0 Å². The van der Waals surface area contributed by atoms with Gasteiger partial charge >= 0.3 is 5.69 Å². The Bertz CT molecular complexity index is 632. The van der Waals surface area contributed by atoms with Crippen LogP contribution in [0.5, 0.6) is 11.5 Å². The van der Waals surface area contributed by atoms with Crippen LogP contribution in [0.3, 0.4) is 0 Å². The third-order valence-corrected chi connectivity index (χ3v) is 3.04. The number of hydrogen-bond acceptors (Lipinski definition) is 4. The van der Waals surface area contributed by atoms with E-state index in [1.165, 1.54) is 18.3 Å². The van der Waals surface area contributed by atoms with Crippen molar-refractivity contribution in [3.05, 3.63) is 55.2 Å². The van der Waals surface area contributed by atoms with Gasteiger partial charge in [0, 0.05) is 21.8 Å². The van der Waals surface area contributed by atoms with Crippen molar-refractivity contribution in [2.75, 3.05) is 0 Å². The van der Waals surface area contributed by atoms with Gasteiger partial charge in [-0.1, -0.05) is 39.1 Å². The topological polar surface area (TPSA) is 65.3 Å². The van der Waals surface area contributed by atoms with Crippen LogP contribution in [0, 0.1) is 10.1 Å². The number of nitrogens with zero attached hydrogens (tertiary/aromatic N) is 2. The predicted molar refractivity (Wildman–Crippen MR) is 75.1 cm³/mol. The average Bonchev–Trinajstić information content (AvgIpc) is 2.30. The molecular formula is C11H5BrCl2N2O3. The van der Waals surface area contributed by atoms with Gasteiger partial charge in [0.15, 0.2) is 5.15 Å². The highest BCUT2D eigenvalue weighted by atomic mass is 79.9. The molecule has 0 aliphatic heterocycles. The van der Waals surface area contributed by atoms with Crippen LogP contribution >= 0.6 is 39.1 Å². The van der Waals surface area contributed by atoms with E-state index in [0.717, 1.165) is 0 Å². The molecule has 1 aromatic heterocycles. The van der Waals surface area contributed by atoms with Crippen LogP contribution in [-0.2, 0) is 0 Å². The summed E-state index contributed by atoms with van der Waals surface area (Å²) in [5, 5.41) is 11.2. The molecule has 1 heterocycles. The van der Waals surface area contributed by atoms with Crippen molar-refractivity contribution in [3.8, 4) is 11.5 Å². The van der Waals surface area contributed by atoms with Gasteiger partial charge in [-0.2, -0.15) is 0 Å². The first-order valence-electron chi connectivity index (χ1n) is 4.90. The molecule has 0 N–H and O–H groups in total. The minimum Gasteiger partial charge on any atom is -0.447 e. The first kappa shape index (κ1) is 14.0. The van der Waals surface area contributed by atoms with Crippen LogP contribution in [-0.4, -0.2) is 9.91 Å². The summed E-state index contributed by atoms with van der Waals surface area (Å²) in [6.45, 7) is 0. The Balaban J connectivity index is 2.45. The molecule has 0 bridgehead atoms. The van der Waals surface area contributed by atoms with Crippen molar-refractivity contribution in [2.24, 2.45) is 0 Å². The molecule has 2 rings (SSSR count). The molecular weight excluding hydrogens is 359 g/mol. The highest BCUT2D eigenvalue weighted by molar-refractivity contribution is 9.10. The average molecular weight is 364 g/mol.